The van der Waals surface area contributed by atoms with Gasteiger partial charge in [0, 0.05) is 5.56 Å². The molecule has 1 aliphatic rings. The Kier molecular flexibility index (Phi) is 2.33. The first kappa shape index (κ1) is 10.5. The van der Waals surface area contributed by atoms with Gasteiger partial charge >= 0.3 is 5.97 Å². The fourth-order valence-corrected chi connectivity index (χ4v) is 1.58. The summed E-state index contributed by atoms with van der Waals surface area (Å²) in [6.07, 6.45) is 0. The van der Waals surface area contributed by atoms with Gasteiger partial charge in [0.2, 0.25) is 12.6 Å². The van der Waals surface area contributed by atoms with Gasteiger partial charge in [-0.2, -0.15) is 4.80 Å². The van der Waals surface area contributed by atoms with Crippen LogP contribution in [0.1, 0.15) is 0 Å². The molecule has 0 amide bonds. The Hall–Kier alpha value is -2.64. The fraction of sp³-hybridized carbons (Fsp3) is 0.200. The second-order valence-electron chi connectivity index (χ2n) is 3.61. The monoisotopic (exact) mass is 248 g/mol. The molecule has 18 heavy (non-hydrogen) atoms. The van der Waals surface area contributed by atoms with E-state index in [-0.39, 0.29) is 13.3 Å². The minimum absolute atomic E-state index is 0.192. The predicted octanol–water partition coefficient (Wildman–Crippen LogP) is 0.153. The molecule has 1 aromatic carbocycles. The molecule has 0 atom stereocenters. The van der Waals surface area contributed by atoms with E-state index in [1.165, 1.54) is 0 Å². The standard InChI is InChI=1S/C10H8N4O4/c15-9(16)4-14-12-10(11-13-14)6-1-2-7-8(3-6)18-5-17-7/h1-3H,4-5H2,(H,15,16). The molecule has 0 radical (unpaired) electrons. The third kappa shape index (κ3) is 1.83. The van der Waals surface area contributed by atoms with Crippen LogP contribution in [0.15, 0.2) is 18.2 Å². The van der Waals surface area contributed by atoms with Crippen molar-refractivity contribution >= 4 is 5.97 Å². The van der Waals surface area contributed by atoms with Gasteiger partial charge in [-0.3, -0.25) is 4.79 Å². The molecule has 0 fully saturated rings. The minimum Gasteiger partial charge on any atom is -0.480 e. The molecule has 2 heterocycles. The van der Waals surface area contributed by atoms with Crippen LogP contribution in [0.3, 0.4) is 0 Å². The number of carbonyl (C=O) groups is 1. The number of tetrazole rings is 1. The summed E-state index contributed by atoms with van der Waals surface area (Å²) in [4.78, 5) is 11.5. The molecule has 0 bridgehead atoms. The van der Waals surface area contributed by atoms with Crippen LogP contribution in [0.5, 0.6) is 11.5 Å². The van der Waals surface area contributed by atoms with E-state index < -0.39 is 5.97 Å². The summed E-state index contributed by atoms with van der Waals surface area (Å²) in [6, 6.07) is 5.23. The van der Waals surface area contributed by atoms with Gasteiger partial charge in [0.05, 0.1) is 0 Å². The Bertz CT molecular complexity index is 610. The molecule has 0 spiro atoms. The number of aromatic nitrogens is 4. The smallest absolute Gasteiger partial charge is 0.327 e. The first-order valence-electron chi connectivity index (χ1n) is 5.12. The summed E-state index contributed by atoms with van der Waals surface area (Å²) >= 11 is 0. The highest BCUT2D eigenvalue weighted by Gasteiger charge is 2.16. The fourth-order valence-electron chi connectivity index (χ4n) is 1.58. The molecule has 8 heteroatoms. The van der Waals surface area contributed by atoms with Crippen molar-refractivity contribution < 1.29 is 19.4 Å². The Morgan fingerprint density at radius 1 is 1.39 bits per heavy atom. The van der Waals surface area contributed by atoms with E-state index in [0.717, 1.165) is 4.80 Å². The average molecular weight is 248 g/mol. The summed E-state index contributed by atoms with van der Waals surface area (Å²) in [5, 5.41) is 20.0. The number of hydrogen-bond acceptors (Lipinski definition) is 6. The van der Waals surface area contributed by atoms with Gasteiger partial charge in [0.1, 0.15) is 0 Å². The summed E-state index contributed by atoms with van der Waals surface area (Å²) in [5.41, 5.74) is 0.691. The first-order valence-corrected chi connectivity index (χ1v) is 5.12. The van der Waals surface area contributed by atoms with Crippen LogP contribution in [0.4, 0.5) is 0 Å². The Balaban J connectivity index is 1.90. The maximum atomic E-state index is 10.5. The van der Waals surface area contributed by atoms with Crippen molar-refractivity contribution in [3.05, 3.63) is 18.2 Å². The quantitative estimate of drug-likeness (QED) is 0.825. The van der Waals surface area contributed by atoms with Crippen molar-refractivity contribution in [2.75, 3.05) is 6.79 Å². The van der Waals surface area contributed by atoms with Crippen LogP contribution in [0, 0.1) is 0 Å². The van der Waals surface area contributed by atoms with Gasteiger partial charge in [0.25, 0.3) is 0 Å². The SMILES string of the molecule is O=C(O)Cn1nnc(-c2ccc3c(c2)OCO3)n1. The highest BCUT2D eigenvalue weighted by molar-refractivity contribution is 5.66. The summed E-state index contributed by atoms with van der Waals surface area (Å²) < 4.78 is 10.4. The first-order chi connectivity index (χ1) is 8.72. The number of hydrogen-bond donors (Lipinski definition) is 1. The molecule has 0 saturated heterocycles. The number of ether oxygens (including phenoxy) is 2. The average Bonchev–Trinajstić information content (AvgIpc) is 2.95. The predicted molar refractivity (Wildman–Crippen MR) is 57.0 cm³/mol. The van der Waals surface area contributed by atoms with Crippen molar-refractivity contribution in [1.29, 1.82) is 0 Å². The normalized spacial score (nSPS) is 12.7. The molecule has 1 aliphatic heterocycles. The molecule has 92 valence electrons. The van der Waals surface area contributed by atoms with E-state index in [2.05, 4.69) is 15.4 Å². The molecule has 8 nitrogen and oxygen atoms in total. The van der Waals surface area contributed by atoms with Crippen LogP contribution in [0.25, 0.3) is 11.4 Å². The van der Waals surface area contributed by atoms with E-state index in [0.29, 0.717) is 22.9 Å². The Morgan fingerprint density at radius 2 is 2.22 bits per heavy atom. The topological polar surface area (TPSA) is 99.4 Å². The van der Waals surface area contributed by atoms with E-state index in [9.17, 15) is 4.79 Å². The molecule has 0 saturated carbocycles. The maximum absolute atomic E-state index is 10.5. The number of rotatable bonds is 3. The lowest BCUT2D eigenvalue weighted by Gasteiger charge is -1.97. The highest BCUT2D eigenvalue weighted by Crippen LogP contribution is 2.34. The van der Waals surface area contributed by atoms with Gasteiger partial charge in [-0.25, -0.2) is 0 Å². The van der Waals surface area contributed by atoms with Crippen LogP contribution >= 0.6 is 0 Å². The molecule has 1 N–H and O–H groups in total. The molecular formula is C10H8N4O4. The van der Waals surface area contributed by atoms with E-state index in [1.807, 2.05) is 0 Å². The van der Waals surface area contributed by atoms with Crippen molar-refractivity contribution in [3.63, 3.8) is 0 Å². The molecule has 1 aromatic heterocycles. The maximum Gasteiger partial charge on any atom is 0.327 e. The van der Waals surface area contributed by atoms with Crippen LogP contribution in [-0.4, -0.2) is 38.1 Å². The van der Waals surface area contributed by atoms with Crippen LogP contribution < -0.4 is 9.47 Å². The van der Waals surface area contributed by atoms with Crippen molar-refractivity contribution in [2.45, 2.75) is 6.54 Å². The van der Waals surface area contributed by atoms with Crippen molar-refractivity contribution in [3.8, 4) is 22.9 Å². The number of carboxylic acids is 1. The summed E-state index contributed by atoms with van der Waals surface area (Å²) in [7, 11) is 0. The molecule has 0 aliphatic carbocycles. The Morgan fingerprint density at radius 3 is 3.06 bits per heavy atom. The minimum atomic E-state index is -1.02. The van der Waals surface area contributed by atoms with E-state index in [1.54, 1.807) is 18.2 Å². The number of aliphatic carboxylic acids is 1. The number of fused-ring (bicyclic) bond motifs is 1. The lowest BCUT2D eigenvalue weighted by atomic mass is 10.2. The second-order valence-corrected chi connectivity index (χ2v) is 3.61. The molecule has 3 rings (SSSR count). The van der Waals surface area contributed by atoms with Gasteiger partial charge < -0.3 is 14.6 Å². The number of nitrogens with zero attached hydrogens (tertiary/aromatic N) is 4. The number of benzene rings is 1. The summed E-state index contributed by atoms with van der Waals surface area (Å²) in [6.45, 7) is -0.129. The van der Waals surface area contributed by atoms with Crippen LogP contribution in [0.2, 0.25) is 0 Å². The Labute approximate surface area is 101 Å². The van der Waals surface area contributed by atoms with Crippen LogP contribution in [-0.2, 0) is 11.3 Å². The second kappa shape index (κ2) is 3.99. The van der Waals surface area contributed by atoms with E-state index in [4.69, 9.17) is 14.6 Å². The third-order valence-corrected chi connectivity index (χ3v) is 2.36. The van der Waals surface area contributed by atoms with Gasteiger partial charge in [-0.05, 0) is 23.4 Å². The lowest BCUT2D eigenvalue weighted by molar-refractivity contribution is -0.138. The van der Waals surface area contributed by atoms with Crippen molar-refractivity contribution in [1.82, 2.24) is 20.2 Å². The van der Waals surface area contributed by atoms with E-state index >= 15 is 0 Å². The van der Waals surface area contributed by atoms with Gasteiger partial charge in [0.15, 0.2) is 18.0 Å². The van der Waals surface area contributed by atoms with Gasteiger partial charge in [-0.1, -0.05) is 0 Å². The zero-order valence-corrected chi connectivity index (χ0v) is 9.11. The largest absolute Gasteiger partial charge is 0.480 e. The zero-order chi connectivity index (χ0) is 12.5. The lowest BCUT2D eigenvalue weighted by Crippen LogP contribution is -2.11. The highest BCUT2D eigenvalue weighted by atomic mass is 16.7. The van der Waals surface area contributed by atoms with Crippen molar-refractivity contribution in [2.24, 2.45) is 0 Å². The van der Waals surface area contributed by atoms with Gasteiger partial charge in [-0.15, -0.1) is 10.2 Å². The third-order valence-electron chi connectivity index (χ3n) is 2.36. The zero-order valence-electron chi connectivity index (χ0n) is 9.11. The number of carboxylic acid groups (broad SMARTS) is 1. The molecule has 2 aromatic rings. The molecule has 0 unspecified atom stereocenters. The summed E-state index contributed by atoms with van der Waals surface area (Å²) in [5.74, 6) is 0.595. The molecular weight excluding hydrogens is 240 g/mol.